The van der Waals surface area contributed by atoms with E-state index in [1.165, 1.54) is 4.90 Å². The molecule has 190 valence electrons. The van der Waals surface area contributed by atoms with Gasteiger partial charge in [-0.2, -0.15) is 13.2 Å². The first-order valence-electron chi connectivity index (χ1n) is 10.5. The molecule has 0 spiro atoms. The summed E-state index contributed by atoms with van der Waals surface area (Å²) in [5, 5.41) is 8.43. The highest BCUT2D eigenvalue weighted by atomic mass is 19.4. The summed E-state index contributed by atoms with van der Waals surface area (Å²) >= 11 is 0. The molecule has 3 amide bonds. The van der Waals surface area contributed by atoms with Crippen molar-refractivity contribution < 1.29 is 38.5 Å². The van der Waals surface area contributed by atoms with Gasteiger partial charge < -0.3 is 20.7 Å². The number of amides is 3. The number of hydrogen-bond donors (Lipinski definition) is 3. The number of hydrogen-bond acceptors (Lipinski definition) is 6. The molecule has 9 nitrogen and oxygen atoms in total. The standard InChI is InChI=1S/C10H18N2O3.C5H10N2O.C2HF3O.C2H6.CH4/c1-10(2,3)15-9(14)12-6-4-5-11-8(13)7-12;8-5-4-6-2-1-3-7-5;3-2(4,5)1-6;1-2;/h4-7H2,1-3H3,(H,11,13);6H,1-4H2,(H,7,8);1H;1-2H3;1H4/i;;;1D;. The van der Waals surface area contributed by atoms with Crippen molar-refractivity contribution in [2.75, 3.05) is 39.3 Å². The van der Waals surface area contributed by atoms with Crippen LogP contribution in [0.4, 0.5) is 18.0 Å². The number of nitrogens with one attached hydrogen (secondary N) is 3. The summed E-state index contributed by atoms with van der Waals surface area (Å²) in [7, 11) is 0. The quantitative estimate of drug-likeness (QED) is 0.465. The van der Waals surface area contributed by atoms with Gasteiger partial charge in [0.2, 0.25) is 18.1 Å². The lowest BCUT2D eigenvalue weighted by molar-refractivity contribution is -0.156. The van der Waals surface area contributed by atoms with Gasteiger partial charge in [-0.25, -0.2) is 4.79 Å². The van der Waals surface area contributed by atoms with Gasteiger partial charge >= 0.3 is 12.3 Å². The smallest absolute Gasteiger partial charge is 0.444 e. The lowest BCUT2D eigenvalue weighted by Crippen LogP contribution is -2.40. The van der Waals surface area contributed by atoms with Crippen LogP contribution in [-0.2, 0) is 19.1 Å². The zero-order chi connectivity index (χ0) is 25.2. The maximum Gasteiger partial charge on any atom is 0.446 e. The molecule has 2 rings (SSSR count). The molecular weight excluding hydrogens is 433 g/mol. The monoisotopic (exact) mass is 473 g/mol. The first-order valence-corrected chi connectivity index (χ1v) is 9.80. The van der Waals surface area contributed by atoms with Gasteiger partial charge in [0.1, 0.15) is 12.1 Å². The molecule has 0 aromatic carbocycles. The molecule has 2 saturated heterocycles. The zero-order valence-electron chi connectivity index (χ0n) is 19.6. The third kappa shape index (κ3) is 22.3. The molecule has 0 unspecified atom stereocenters. The van der Waals surface area contributed by atoms with Crippen molar-refractivity contribution in [3.8, 4) is 0 Å². The van der Waals surface area contributed by atoms with Crippen LogP contribution in [0.3, 0.4) is 0 Å². The Kier molecular flexibility index (Phi) is 18.1. The Morgan fingerprint density at radius 2 is 1.59 bits per heavy atom. The number of nitrogens with zero attached hydrogens (tertiary/aromatic N) is 1. The Morgan fingerprint density at radius 1 is 1.09 bits per heavy atom. The van der Waals surface area contributed by atoms with Crippen molar-refractivity contribution in [2.45, 2.75) is 66.6 Å². The number of halogens is 3. The minimum atomic E-state index is -4.64. The molecule has 32 heavy (non-hydrogen) atoms. The summed E-state index contributed by atoms with van der Waals surface area (Å²) in [6.07, 6.45) is -4.30. The van der Waals surface area contributed by atoms with E-state index in [1.807, 2.05) is 20.8 Å². The van der Waals surface area contributed by atoms with Gasteiger partial charge in [0, 0.05) is 21.0 Å². The summed E-state index contributed by atoms with van der Waals surface area (Å²) in [5.41, 5.74) is -0.514. The molecule has 2 aliphatic rings. The fourth-order valence-electron chi connectivity index (χ4n) is 1.99. The van der Waals surface area contributed by atoms with Gasteiger partial charge in [-0.3, -0.25) is 19.3 Å². The first-order chi connectivity index (χ1) is 14.8. The highest BCUT2D eigenvalue weighted by Crippen LogP contribution is 2.10. The lowest BCUT2D eigenvalue weighted by Gasteiger charge is -2.25. The predicted octanol–water partition coefficient (Wildman–Crippen LogP) is 2.25. The van der Waals surface area contributed by atoms with Crippen LogP contribution in [0.5, 0.6) is 0 Å². The van der Waals surface area contributed by atoms with E-state index in [0.29, 0.717) is 26.5 Å². The predicted molar refractivity (Wildman–Crippen MR) is 116 cm³/mol. The van der Waals surface area contributed by atoms with E-state index in [4.69, 9.17) is 10.9 Å². The highest BCUT2D eigenvalue weighted by Gasteiger charge is 2.25. The van der Waals surface area contributed by atoms with Crippen LogP contribution >= 0.6 is 0 Å². The van der Waals surface area contributed by atoms with E-state index in [0.717, 1.165) is 25.9 Å². The van der Waals surface area contributed by atoms with Crippen molar-refractivity contribution >= 4 is 24.2 Å². The van der Waals surface area contributed by atoms with E-state index in [9.17, 15) is 27.6 Å². The van der Waals surface area contributed by atoms with Crippen LogP contribution in [0.2, 0.25) is 0 Å². The summed E-state index contributed by atoms with van der Waals surface area (Å²) in [6, 6.07) is 0. The summed E-state index contributed by atoms with van der Waals surface area (Å²) in [5.74, 6) is -0.0131. The Bertz CT molecular complexity index is 563. The molecule has 2 aliphatic heterocycles. The molecule has 3 N–H and O–H groups in total. The van der Waals surface area contributed by atoms with Gasteiger partial charge in [-0.05, 0) is 40.2 Å². The van der Waals surface area contributed by atoms with Gasteiger partial charge in [0.05, 0.1) is 6.54 Å². The Balaban J connectivity index is -0.000000422. The number of carbonyl (C=O) groups is 4. The van der Waals surface area contributed by atoms with E-state index < -0.39 is 24.2 Å². The van der Waals surface area contributed by atoms with E-state index in [1.54, 1.807) is 6.92 Å². The number of aldehydes is 1. The molecule has 2 heterocycles. The third-order valence-corrected chi connectivity index (χ3v) is 3.18. The Morgan fingerprint density at radius 3 is 2.09 bits per heavy atom. The molecule has 2 fully saturated rings. The number of carbonyl (C=O) groups excluding carboxylic acids is 4. The minimum absolute atomic E-state index is 0. The fourth-order valence-corrected chi connectivity index (χ4v) is 1.99. The Labute approximate surface area is 190 Å². The topological polar surface area (TPSA) is 117 Å². The number of rotatable bonds is 0. The number of ether oxygens (including phenoxy) is 1. The fraction of sp³-hybridized carbons (Fsp3) is 0.800. The average molecular weight is 474 g/mol. The third-order valence-electron chi connectivity index (χ3n) is 3.18. The summed E-state index contributed by atoms with van der Waals surface area (Å²) in [4.78, 5) is 43.5. The second-order valence-electron chi connectivity index (χ2n) is 7.15. The van der Waals surface area contributed by atoms with Crippen molar-refractivity contribution in [3.63, 3.8) is 0 Å². The molecule has 0 radical (unpaired) electrons. The highest BCUT2D eigenvalue weighted by molar-refractivity contribution is 5.82. The maximum atomic E-state index is 11.6. The average Bonchev–Trinajstić information content (AvgIpc) is 3.03. The lowest BCUT2D eigenvalue weighted by atomic mass is 10.2. The van der Waals surface area contributed by atoms with E-state index in [2.05, 4.69) is 16.0 Å². The van der Waals surface area contributed by atoms with Crippen molar-refractivity contribution in [2.24, 2.45) is 0 Å². The van der Waals surface area contributed by atoms with Crippen LogP contribution in [0.25, 0.3) is 0 Å². The Hall–Kier alpha value is -2.37. The number of alkyl halides is 3. The van der Waals surface area contributed by atoms with Gasteiger partial charge in [0.15, 0.2) is 0 Å². The summed E-state index contributed by atoms with van der Waals surface area (Å²) < 4.78 is 42.6. The second-order valence-corrected chi connectivity index (χ2v) is 7.15. The summed E-state index contributed by atoms with van der Waals surface area (Å²) in [6.45, 7) is 11.3. The maximum absolute atomic E-state index is 11.6. The van der Waals surface area contributed by atoms with Crippen LogP contribution in [-0.4, -0.2) is 80.1 Å². The van der Waals surface area contributed by atoms with Gasteiger partial charge in [0.25, 0.3) is 0 Å². The van der Waals surface area contributed by atoms with Gasteiger partial charge in [-0.15, -0.1) is 0 Å². The van der Waals surface area contributed by atoms with Crippen LogP contribution in [0, 0.1) is 0 Å². The molecule has 0 saturated carbocycles. The first kappa shape index (κ1) is 31.8. The largest absolute Gasteiger partial charge is 0.446 e. The van der Waals surface area contributed by atoms with E-state index in [-0.39, 0.29) is 25.8 Å². The minimum Gasteiger partial charge on any atom is -0.444 e. The van der Waals surface area contributed by atoms with Crippen LogP contribution in [0.15, 0.2) is 0 Å². The normalized spacial score (nSPS) is 16.6. The van der Waals surface area contributed by atoms with Gasteiger partial charge in [-0.1, -0.05) is 21.3 Å². The zero-order valence-corrected chi connectivity index (χ0v) is 18.6. The van der Waals surface area contributed by atoms with E-state index >= 15 is 0 Å². The second kappa shape index (κ2) is 18.2. The van der Waals surface area contributed by atoms with Crippen LogP contribution in [0.1, 0.15) is 56.2 Å². The van der Waals surface area contributed by atoms with Crippen molar-refractivity contribution in [3.05, 3.63) is 0 Å². The molecule has 0 bridgehead atoms. The molecule has 0 aromatic heterocycles. The molecule has 12 heteroatoms. The molecule has 0 aliphatic carbocycles. The molecule has 0 aromatic rings. The van der Waals surface area contributed by atoms with Crippen molar-refractivity contribution in [1.29, 1.82) is 0 Å². The van der Waals surface area contributed by atoms with Crippen LogP contribution < -0.4 is 16.0 Å². The SMILES string of the molecule is C.CC(C)(C)OC(=O)N1CCCNC(=O)C1.O=C1CNCCCN1.O=CC(F)(F)F.[2H]CC. The van der Waals surface area contributed by atoms with Crippen molar-refractivity contribution in [1.82, 2.24) is 20.9 Å². The molecular formula is C20H39F3N4O5. The molecule has 0 atom stereocenters.